The Bertz CT molecular complexity index is 84.5. The van der Waals surface area contributed by atoms with Crippen molar-refractivity contribution in [2.24, 2.45) is 0 Å². The summed E-state index contributed by atoms with van der Waals surface area (Å²) in [5.74, 6) is 0. The minimum Gasteiger partial charge on any atom is -0.393 e. The average Bonchev–Trinajstić information content (AvgIpc) is 2.17. The standard InChI is InChI=1S/C6H12O2/c1-5(7)4-6(8)2-3-6/h5,7-8H,2-4H2,1H3/t5-/m1/s1. The maximum atomic E-state index is 9.14. The molecule has 1 aliphatic carbocycles. The van der Waals surface area contributed by atoms with Gasteiger partial charge in [0.25, 0.3) is 0 Å². The lowest BCUT2D eigenvalue weighted by Crippen LogP contribution is -2.15. The topological polar surface area (TPSA) is 40.5 Å². The third-order valence-corrected chi connectivity index (χ3v) is 1.50. The number of aliphatic hydroxyl groups excluding tert-OH is 1. The normalized spacial score (nSPS) is 27.4. The molecule has 0 aromatic rings. The maximum absolute atomic E-state index is 9.14. The first-order chi connectivity index (χ1) is 3.62. The second-order valence-corrected chi connectivity index (χ2v) is 2.78. The number of rotatable bonds is 2. The van der Waals surface area contributed by atoms with Crippen LogP contribution in [0.3, 0.4) is 0 Å². The van der Waals surface area contributed by atoms with Gasteiger partial charge in [0.1, 0.15) is 0 Å². The molecule has 0 heterocycles. The monoisotopic (exact) mass is 116 g/mol. The smallest absolute Gasteiger partial charge is 0.0674 e. The lowest BCUT2D eigenvalue weighted by atomic mass is 10.1. The van der Waals surface area contributed by atoms with Crippen LogP contribution >= 0.6 is 0 Å². The van der Waals surface area contributed by atoms with Crippen LogP contribution < -0.4 is 0 Å². The summed E-state index contributed by atoms with van der Waals surface area (Å²) in [5, 5.41) is 17.9. The first-order valence-corrected chi connectivity index (χ1v) is 3.03. The Morgan fingerprint density at radius 2 is 2.12 bits per heavy atom. The highest BCUT2D eigenvalue weighted by Gasteiger charge is 2.40. The maximum Gasteiger partial charge on any atom is 0.0674 e. The fourth-order valence-corrected chi connectivity index (χ4v) is 0.898. The molecule has 0 aliphatic heterocycles. The van der Waals surface area contributed by atoms with Crippen molar-refractivity contribution in [2.45, 2.75) is 37.9 Å². The van der Waals surface area contributed by atoms with E-state index in [1.807, 2.05) is 0 Å². The molecule has 0 unspecified atom stereocenters. The molecule has 0 amide bonds. The Hall–Kier alpha value is -0.0800. The molecule has 1 atom stereocenters. The van der Waals surface area contributed by atoms with E-state index >= 15 is 0 Å². The van der Waals surface area contributed by atoms with Crippen molar-refractivity contribution in [3.63, 3.8) is 0 Å². The van der Waals surface area contributed by atoms with Crippen LogP contribution in [0.2, 0.25) is 0 Å². The summed E-state index contributed by atoms with van der Waals surface area (Å²) in [7, 11) is 0. The van der Waals surface area contributed by atoms with Gasteiger partial charge in [-0.1, -0.05) is 0 Å². The van der Waals surface area contributed by atoms with Crippen LogP contribution in [0.15, 0.2) is 0 Å². The van der Waals surface area contributed by atoms with Gasteiger partial charge >= 0.3 is 0 Å². The van der Waals surface area contributed by atoms with Gasteiger partial charge in [-0.25, -0.2) is 0 Å². The van der Waals surface area contributed by atoms with Gasteiger partial charge in [0.05, 0.1) is 11.7 Å². The number of aliphatic hydroxyl groups is 2. The van der Waals surface area contributed by atoms with Crippen molar-refractivity contribution >= 4 is 0 Å². The first kappa shape index (κ1) is 6.05. The summed E-state index contributed by atoms with van der Waals surface area (Å²) in [6.07, 6.45) is 1.95. The summed E-state index contributed by atoms with van der Waals surface area (Å²) in [4.78, 5) is 0. The Labute approximate surface area is 49.1 Å². The van der Waals surface area contributed by atoms with Gasteiger partial charge < -0.3 is 10.2 Å². The molecule has 0 saturated heterocycles. The second-order valence-electron chi connectivity index (χ2n) is 2.78. The third-order valence-electron chi connectivity index (χ3n) is 1.50. The molecule has 2 heteroatoms. The SMILES string of the molecule is C[C@@H](O)CC1(O)CC1. The van der Waals surface area contributed by atoms with E-state index in [1.165, 1.54) is 0 Å². The molecule has 0 aromatic carbocycles. The quantitative estimate of drug-likeness (QED) is 0.544. The zero-order chi connectivity index (χ0) is 6.20. The Balaban J connectivity index is 2.19. The highest BCUT2D eigenvalue weighted by Crippen LogP contribution is 2.38. The largest absolute Gasteiger partial charge is 0.393 e. The van der Waals surface area contributed by atoms with Crippen molar-refractivity contribution in [3.8, 4) is 0 Å². The molecule has 48 valence electrons. The van der Waals surface area contributed by atoms with E-state index in [-0.39, 0.29) is 6.10 Å². The summed E-state index contributed by atoms with van der Waals surface area (Å²) in [5.41, 5.74) is -0.478. The van der Waals surface area contributed by atoms with Crippen LogP contribution in [-0.2, 0) is 0 Å². The van der Waals surface area contributed by atoms with Crippen molar-refractivity contribution in [1.82, 2.24) is 0 Å². The van der Waals surface area contributed by atoms with E-state index in [4.69, 9.17) is 10.2 Å². The fourth-order valence-electron chi connectivity index (χ4n) is 0.898. The second kappa shape index (κ2) is 1.71. The van der Waals surface area contributed by atoms with Gasteiger partial charge in [0.15, 0.2) is 0 Å². The van der Waals surface area contributed by atoms with Gasteiger partial charge in [-0.3, -0.25) is 0 Å². The van der Waals surface area contributed by atoms with E-state index < -0.39 is 5.60 Å². The van der Waals surface area contributed by atoms with Crippen LogP contribution in [0.4, 0.5) is 0 Å². The lowest BCUT2D eigenvalue weighted by Gasteiger charge is -2.07. The van der Waals surface area contributed by atoms with Gasteiger partial charge in [0.2, 0.25) is 0 Å². The van der Waals surface area contributed by atoms with Crippen LogP contribution in [0, 0.1) is 0 Å². The predicted molar refractivity (Wildman–Crippen MR) is 30.5 cm³/mol. The zero-order valence-electron chi connectivity index (χ0n) is 5.09. The van der Waals surface area contributed by atoms with Crippen molar-refractivity contribution in [1.29, 1.82) is 0 Å². The molecular weight excluding hydrogens is 104 g/mol. The first-order valence-electron chi connectivity index (χ1n) is 3.03. The minimum atomic E-state index is -0.478. The molecule has 0 radical (unpaired) electrons. The molecule has 0 bridgehead atoms. The van der Waals surface area contributed by atoms with Crippen LogP contribution in [-0.4, -0.2) is 21.9 Å². The highest BCUT2D eigenvalue weighted by atomic mass is 16.3. The van der Waals surface area contributed by atoms with Crippen LogP contribution in [0.25, 0.3) is 0 Å². The Kier molecular flexibility index (Phi) is 1.29. The van der Waals surface area contributed by atoms with Crippen LogP contribution in [0.5, 0.6) is 0 Å². The van der Waals surface area contributed by atoms with Gasteiger partial charge in [0, 0.05) is 6.42 Å². The van der Waals surface area contributed by atoms with Crippen LogP contribution in [0.1, 0.15) is 26.2 Å². The molecule has 2 N–H and O–H groups in total. The van der Waals surface area contributed by atoms with E-state index in [0.717, 1.165) is 12.8 Å². The molecule has 1 rings (SSSR count). The number of hydrogen-bond donors (Lipinski definition) is 2. The minimum absolute atomic E-state index is 0.345. The van der Waals surface area contributed by atoms with Crippen molar-refractivity contribution in [3.05, 3.63) is 0 Å². The molecular formula is C6H12O2. The molecule has 0 aromatic heterocycles. The molecule has 1 fully saturated rings. The lowest BCUT2D eigenvalue weighted by molar-refractivity contribution is 0.0736. The van der Waals surface area contributed by atoms with Crippen molar-refractivity contribution < 1.29 is 10.2 Å². The summed E-state index contributed by atoms with van der Waals surface area (Å²) in [6, 6.07) is 0. The molecule has 2 nitrogen and oxygen atoms in total. The van der Waals surface area contributed by atoms with E-state index in [9.17, 15) is 0 Å². The number of hydrogen-bond acceptors (Lipinski definition) is 2. The van der Waals surface area contributed by atoms with Crippen molar-refractivity contribution in [2.75, 3.05) is 0 Å². The zero-order valence-corrected chi connectivity index (χ0v) is 5.09. The Morgan fingerprint density at radius 1 is 1.62 bits per heavy atom. The molecule has 1 saturated carbocycles. The summed E-state index contributed by atoms with van der Waals surface area (Å²) in [6.45, 7) is 1.70. The van der Waals surface area contributed by atoms with E-state index in [2.05, 4.69) is 0 Å². The van der Waals surface area contributed by atoms with Gasteiger partial charge in [-0.05, 0) is 19.8 Å². The summed E-state index contributed by atoms with van der Waals surface area (Å²) < 4.78 is 0. The van der Waals surface area contributed by atoms with Gasteiger partial charge in [-0.2, -0.15) is 0 Å². The molecule has 1 aliphatic rings. The van der Waals surface area contributed by atoms with Gasteiger partial charge in [-0.15, -0.1) is 0 Å². The summed E-state index contributed by atoms with van der Waals surface area (Å²) >= 11 is 0. The highest BCUT2D eigenvalue weighted by molar-refractivity contribution is 4.94. The molecule has 8 heavy (non-hydrogen) atoms. The Morgan fingerprint density at radius 3 is 2.25 bits per heavy atom. The third kappa shape index (κ3) is 1.46. The van der Waals surface area contributed by atoms with E-state index in [1.54, 1.807) is 6.92 Å². The molecule has 0 spiro atoms. The van der Waals surface area contributed by atoms with E-state index in [0.29, 0.717) is 6.42 Å². The predicted octanol–water partition coefficient (Wildman–Crippen LogP) is 0.282. The average molecular weight is 116 g/mol. The fraction of sp³-hybridized carbons (Fsp3) is 1.00.